The van der Waals surface area contributed by atoms with Gasteiger partial charge in [-0.25, -0.2) is 0 Å². The molecule has 0 rings (SSSR count). The molecule has 0 aliphatic rings. The fraction of sp³-hybridized carbons (Fsp3) is 0. The molecule has 0 atom stereocenters. The number of hydrogen-bond donors (Lipinski definition) is 0. The molecule has 77 valence electrons. The Morgan fingerprint density at radius 1 is 0.273 bits per heavy atom. The van der Waals surface area contributed by atoms with Crippen LogP contribution in [0.15, 0.2) is 0 Å². The smallest absolute Gasteiger partial charge is 1.00 e. The van der Waals surface area contributed by atoms with Gasteiger partial charge in [-0.15, -0.1) is 0 Å². The first kappa shape index (κ1) is 189. The summed E-state index contributed by atoms with van der Waals surface area (Å²) >= 11 is 0. The van der Waals surface area contributed by atoms with E-state index in [0.717, 1.165) is 0 Å². The van der Waals surface area contributed by atoms with E-state index in [4.69, 9.17) is 0 Å². The molecule has 0 fully saturated rings. The van der Waals surface area contributed by atoms with E-state index in [1.165, 1.54) is 0 Å². The van der Waals surface area contributed by atoms with Gasteiger partial charge < -0.3 is 112 Å². The molecule has 0 saturated carbocycles. The summed E-state index contributed by atoms with van der Waals surface area (Å²) in [4.78, 5) is 0. The summed E-state index contributed by atoms with van der Waals surface area (Å²) in [5, 5.41) is 0. The molecule has 1 radical (unpaired) electrons. The van der Waals surface area contributed by atoms with Crippen LogP contribution in [0.3, 0.4) is 0 Å². The number of rotatable bonds is 0. The van der Waals surface area contributed by atoms with E-state index in [1.54, 1.807) is 0 Å². The van der Waals surface area contributed by atoms with Gasteiger partial charge in [-0.3, -0.25) is 0 Å². The molecule has 0 aliphatic heterocycles. The van der Waals surface area contributed by atoms with Crippen LogP contribution in [-0.2, 0) is 40.3 Å². The average Bonchev–Trinajstić information content (AvgIpc) is 0. The third-order valence-electron chi connectivity index (χ3n) is 0. The van der Waals surface area contributed by atoms with Crippen molar-refractivity contribution in [1.82, 2.24) is 0 Å². The van der Waals surface area contributed by atoms with Crippen LogP contribution in [0.1, 0.15) is 0 Å². The molecule has 0 aromatic carbocycles. The Hall–Kier alpha value is 3.91. The molecule has 0 spiro atoms. The normalized spacial score (nSPS) is 0. The van der Waals surface area contributed by atoms with E-state index in [1.807, 2.05) is 0 Å². The third-order valence-corrected chi connectivity index (χ3v) is 0. The van der Waals surface area contributed by atoms with E-state index >= 15 is 0 Å². The molecule has 0 N–H and O–H groups in total. The molecular weight excluding hydrogens is 418 g/mol. The van der Waals surface area contributed by atoms with Crippen molar-refractivity contribution in [3.63, 3.8) is 0 Å². The van der Waals surface area contributed by atoms with E-state index in [2.05, 4.69) is 0 Å². The Bertz CT molecular complexity index is 9.52. The second-order valence-electron chi connectivity index (χ2n) is 0. The van der Waals surface area contributed by atoms with Crippen molar-refractivity contribution in [2.45, 2.75) is 0 Å². The molecule has 0 amide bonds. The minimum atomic E-state index is 0. The van der Waals surface area contributed by atoms with Gasteiger partial charge in [-0.05, 0) is 0 Å². The van der Waals surface area contributed by atoms with Gasteiger partial charge in [0.1, 0.15) is 0 Å². The Balaban J connectivity index is 0. The van der Waals surface area contributed by atoms with Gasteiger partial charge in [0.15, 0.2) is 0 Å². The fourth-order valence-corrected chi connectivity index (χ4v) is 0. The first-order chi connectivity index (χ1) is 0. The largest absolute Gasteiger partial charge is 4.00 e. The summed E-state index contributed by atoms with van der Waals surface area (Å²) in [6.45, 7) is 0. The van der Waals surface area contributed by atoms with Gasteiger partial charge in [-0.1, -0.05) is 0 Å². The molecule has 11 heavy (non-hydrogen) atoms. The Morgan fingerprint density at radius 2 is 0.273 bits per heavy atom. The van der Waals surface area contributed by atoms with Crippen LogP contribution in [-0.4, -0.2) is 0 Å². The van der Waals surface area contributed by atoms with Crippen LogP contribution in [0.25, 0.3) is 0 Å². The van der Waals surface area contributed by atoms with Crippen molar-refractivity contribution in [3.8, 4) is 0 Å². The van der Waals surface area contributed by atoms with Gasteiger partial charge >= 0.3 is 21.7 Å². The van der Waals surface area contributed by atoms with E-state index in [-0.39, 0.29) is 152 Å². The van der Waals surface area contributed by atoms with Crippen molar-refractivity contribution in [3.05, 3.63) is 0 Å². The van der Waals surface area contributed by atoms with Crippen molar-refractivity contribution < 1.29 is 152 Å². The second-order valence-corrected chi connectivity index (χ2v) is 0. The van der Waals surface area contributed by atoms with Crippen LogP contribution in [0.2, 0.25) is 0 Å². The Labute approximate surface area is 150 Å². The maximum absolute atomic E-state index is 0. The Kier molecular flexibility index (Phi) is 2600. The quantitative estimate of drug-likeness (QED) is 0.343. The summed E-state index contributed by atoms with van der Waals surface area (Å²) in [6.07, 6.45) is 0. The molecule has 0 aliphatic carbocycles. The van der Waals surface area contributed by atoms with E-state index < -0.39 is 0 Å². The zero-order chi connectivity index (χ0) is 0. The van der Waals surface area contributed by atoms with Crippen LogP contribution < -0.4 is 112 Å². The minimum absolute atomic E-state index is 0. The average molecular weight is 418 g/mol. The Morgan fingerprint density at radius 3 is 0.273 bits per heavy atom. The van der Waals surface area contributed by atoms with Gasteiger partial charge in [0.2, 0.25) is 0 Å². The number of halogens is 9. The predicted octanol–water partition coefficient (Wildman–Crippen LogP) is -27.0. The summed E-state index contributed by atoms with van der Waals surface area (Å²) in [7, 11) is 0. The number of hydrogen-bond acceptors (Lipinski definition) is 0. The molecule has 0 unspecified atom stereocenters. The fourth-order valence-electron chi connectivity index (χ4n) is 0. The first-order valence-electron chi connectivity index (χ1n) is 0. The molecule has 0 aromatic heterocycles. The summed E-state index contributed by atoms with van der Waals surface area (Å²) < 4.78 is 0. The van der Waals surface area contributed by atoms with Crippen molar-refractivity contribution >= 4 is 0 Å². The van der Waals surface area contributed by atoms with Gasteiger partial charge in [0, 0.05) is 18.6 Å². The summed E-state index contributed by atoms with van der Waals surface area (Å²) in [5.41, 5.74) is 0. The molecule has 0 aromatic rings. The van der Waals surface area contributed by atoms with Crippen LogP contribution in [0.5, 0.6) is 0 Å². The maximum atomic E-state index is 0. The zero-order valence-corrected chi connectivity index (χ0v) is 14.1. The molecule has 0 heterocycles. The topological polar surface area (TPSA) is 0 Å². The molecule has 11 heteroatoms. The van der Waals surface area contributed by atoms with Gasteiger partial charge in [0.05, 0.1) is 0 Å². The minimum Gasteiger partial charge on any atom is -1.00 e. The first-order valence-corrected chi connectivity index (χ1v) is 0. The van der Waals surface area contributed by atoms with Crippen LogP contribution in [0, 0.1) is 0 Å². The zero-order valence-electron chi connectivity index (χ0n) is 4.35. The molecule has 0 bridgehead atoms. The molecular formula is Cl9TiV-5. The standard InChI is InChI=1S/9ClH.Ti.V/h9*1H;;/q;;;;;;;;;+4;/p-9. The predicted molar refractivity (Wildman–Crippen MR) is 0 cm³/mol. The van der Waals surface area contributed by atoms with E-state index in [9.17, 15) is 0 Å². The van der Waals surface area contributed by atoms with Gasteiger partial charge in [0.25, 0.3) is 0 Å². The van der Waals surface area contributed by atoms with E-state index in [0.29, 0.717) is 0 Å². The SMILES string of the molecule is [Cl-].[Cl-].[Cl-].[Cl-].[Cl-].[Cl-].[Cl-].[Cl-].[Cl-].[Ti+4].[V]. The van der Waals surface area contributed by atoms with Crippen LogP contribution >= 0.6 is 0 Å². The third kappa shape index (κ3) is 129. The van der Waals surface area contributed by atoms with Crippen LogP contribution in [0.4, 0.5) is 0 Å². The van der Waals surface area contributed by atoms with Gasteiger partial charge in [-0.2, -0.15) is 0 Å². The molecule has 0 nitrogen and oxygen atoms in total. The summed E-state index contributed by atoms with van der Waals surface area (Å²) in [5.74, 6) is 0. The van der Waals surface area contributed by atoms with Crippen molar-refractivity contribution in [2.24, 2.45) is 0 Å². The van der Waals surface area contributed by atoms with Crippen molar-refractivity contribution in [2.75, 3.05) is 0 Å². The summed E-state index contributed by atoms with van der Waals surface area (Å²) in [6, 6.07) is 0. The second kappa shape index (κ2) is 152. The molecule has 0 saturated heterocycles. The van der Waals surface area contributed by atoms with Crippen molar-refractivity contribution in [1.29, 1.82) is 0 Å². The monoisotopic (exact) mass is 414 g/mol. The maximum Gasteiger partial charge on any atom is 4.00 e.